The number of fused-ring (bicyclic) bond motifs is 2. The van der Waals surface area contributed by atoms with Crippen molar-refractivity contribution in [1.29, 1.82) is 0 Å². The molecule has 0 spiro atoms. The molecule has 1 aromatic heterocycles. The molecule has 1 aromatic carbocycles. The van der Waals surface area contributed by atoms with E-state index in [1.54, 1.807) is 13.0 Å². The maximum Gasteiger partial charge on any atom is 0.340 e. The second-order valence-corrected chi connectivity index (χ2v) is 10.3. The summed E-state index contributed by atoms with van der Waals surface area (Å²) in [6.07, 6.45) is 3.01. The Morgan fingerprint density at radius 3 is 2.76 bits per heavy atom. The summed E-state index contributed by atoms with van der Waals surface area (Å²) in [6.45, 7) is 5.84. The lowest BCUT2D eigenvalue weighted by Crippen LogP contribution is -2.37. The highest BCUT2D eigenvalue weighted by atomic mass is 32.2. The maximum absolute atomic E-state index is 12.5. The fourth-order valence-electron chi connectivity index (χ4n) is 3.82. The van der Waals surface area contributed by atoms with Crippen LogP contribution in [0.5, 0.6) is 5.75 Å². The van der Waals surface area contributed by atoms with Gasteiger partial charge in [0.05, 0.1) is 23.8 Å². The van der Waals surface area contributed by atoms with Gasteiger partial charge < -0.3 is 14.5 Å². The van der Waals surface area contributed by atoms with Crippen LogP contribution in [0.3, 0.4) is 0 Å². The first-order valence-electron chi connectivity index (χ1n) is 9.51. The Morgan fingerprint density at radius 2 is 2.07 bits per heavy atom. The molecule has 7 nitrogen and oxygen atoms in total. The minimum Gasteiger partial charge on any atom is -0.487 e. The molecule has 0 aliphatic carbocycles. The normalized spacial score (nSPS) is 21.6. The summed E-state index contributed by atoms with van der Waals surface area (Å²) in [5.74, 6) is 0.137. The van der Waals surface area contributed by atoms with Crippen molar-refractivity contribution in [2.75, 3.05) is 5.75 Å². The van der Waals surface area contributed by atoms with Crippen LogP contribution in [0.2, 0.25) is 0 Å². The molecule has 1 atom stereocenters. The van der Waals surface area contributed by atoms with Gasteiger partial charge in [0, 0.05) is 16.9 Å². The zero-order valence-electron chi connectivity index (χ0n) is 16.6. The molecule has 3 heterocycles. The number of aryl methyl sites for hydroxylation is 2. The van der Waals surface area contributed by atoms with Crippen LogP contribution in [0, 0.1) is 6.92 Å². The number of ether oxygens (including phenoxy) is 1. The molecule has 0 fully saturated rings. The average molecular weight is 417 g/mol. The number of hydrogen-bond donors (Lipinski definition) is 1. The van der Waals surface area contributed by atoms with Gasteiger partial charge in [0.2, 0.25) is 5.91 Å². The molecule has 1 N–H and O–H groups in total. The van der Waals surface area contributed by atoms with Gasteiger partial charge in [-0.3, -0.25) is 4.79 Å². The summed E-state index contributed by atoms with van der Waals surface area (Å²) in [7, 11) is -3.26. The van der Waals surface area contributed by atoms with Crippen LogP contribution in [0.15, 0.2) is 32.8 Å². The van der Waals surface area contributed by atoms with Gasteiger partial charge in [-0.25, -0.2) is 13.2 Å². The number of hydrogen-bond acceptors (Lipinski definition) is 6. The third-order valence-corrected chi connectivity index (χ3v) is 6.86. The number of nitrogens with one attached hydrogen (secondary N) is 1. The predicted molar refractivity (Wildman–Crippen MR) is 109 cm³/mol. The topological polar surface area (TPSA) is 103 Å². The standard InChI is InChI=1S/C21H23NO6S/c1-12-15-8-13-4-6-21(2,3)28-17(13)10-18(15)27-20(24)16(12)9-19(23)22-14-5-7-29(25,26)11-14/h5,7-8,10,14H,4,6,9,11H2,1-3H3,(H,22,23)/t14-/m1/s1. The molecule has 1 amide bonds. The minimum absolute atomic E-state index is 0.160. The Hall–Kier alpha value is -2.61. The number of benzene rings is 1. The molecule has 154 valence electrons. The Morgan fingerprint density at radius 1 is 1.31 bits per heavy atom. The number of amides is 1. The van der Waals surface area contributed by atoms with E-state index in [0.717, 1.165) is 34.9 Å². The molecule has 0 saturated heterocycles. The van der Waals surface area contributed by atoms with Gasteiger partial charge in [0.25, 0.3) is 0 Å². The second kappa shape index (κ2) is 6.73. The fourth-order valence-corrected chi connectivity index (χ4v) is 5.06. The van der Waals surface area contributed by atoms with E-state index in [1.165, 1.54) is 6.08 Å². The number of carbonyl (C=O) groups excluding carboxylic acids is 1. The highest BCUT2D eigenvalue weighted by Gasteiger charge is 2.28. The SMILES string of the molecule is Cc1c(CC(=O)N[C@@H]2C=CS(=O)(=O)C2)c(=O)oc2cc3c(cc12)CCC(C)(C)O3. The first-order valence-corrected chi connectivity index (χ1v) is 11.2. The van der Waals surface area contributed by atoms with Crippen LogP contribution in [-0.2, 0) is 27.5 Å². The number of carbonyl (C=O) groups is 1. The lowest BCUT2D eigenvalue weighted by molar-refractivity contribution is -0.120. The first kappa shape index (κ1) is 19.7. The lowest BCUT2D eigenvalue weighted by atomic mass is 9.92. The van der Waals surface area contributed by atoms with Crippen molar-refractivity contribution in [2.24, 2.45) is 0 Å². The van der Waals surface area contributed by atoms with E-state index in [4.69, 9.17) is 9.15 Å². The molecule has 4 rings (SSSR count). The molecule has 2 aliphatic heterocycles. The first-order chi connectivity index (χ1) is 13.5. The Bertz CT molecular complexity index is 1210. The van der Waals surface area contributed by atoms with E-state index >= 15 is 0 Å². The number of sulfone groups is 1. The summed E-state index contributed by atoms with van der Waals surface area (Å²) in [6, 6.07) is 3.14. The van der Waals surface area contributed by atoms with Crippen LogP contribution < -0.4 is 15.7 Å². The van der Waals surface area contributed by atoms with Gasteiger partial charge in [-0.1, -0.05) is 0 Å². The van der Waals surface area contributed by atoms with Crippen molar-refractivity contribution in [3.8, 4) is 5.75 Å². The summed E-state index contributed by atoms with van der Waals surface area (Å²) >= 11 is 0. The van der Waals surface area contributed by atoms with Crippen LogP contribution in [0.1, 0.15) is 37.0 Å². The molecule has 0 unspecified atom stereocenters. The van der Waals surface area contributed by atoms with E-state index in [2.05, 4.69) is 5.32 Å². The zero-order chi connectivity index (χ0) is 21.0. The van der Waals surface area contributed by atoms with E-state index in [0.29, 0.717) is 11.1 Å². The molecule has 2 aliphatic rings. The maximum atomic E-state index is 12.5. The fraction of sp³-hybridized carbons (Fsp3) is 0.429. The van der Waals surface area contributed by atoms with Crippen LogP contribution in [0.25, 0.3) is 11.0 Å². The Labute approximate surface area is 168 Å². The Balaban J connectivity index is 1.63. The van der Waals surface area contributed by atoms with Crippen molar-refractivity contribution >= 4 is 26.7 Å². The summed E-state index contributed by atoms with van der Waals surface area (Å²) < 4.78 is 34.5. The van der Waals surface area contributed by atoms with Gasteiger partial charge in [-0.2, -0.15) is 0 Å². The van der Waals surface area contributed by atoms with Gasteiger partial charge >= 0.3 is 5.63 Å². The van der Waals surface area contributed by atoms with Gasteiger partial charge in [0.15, 0.2) is 9.84 Å². The predicted octanol–water partition coefficient (Wildman–Crippen LogP) is 2.17. The van der Waals surface area contributed by atoms with Crippen LogP contribution in [0.4, 0.5) is 0 Å². The van der Waals surface area contributed by atoms with Crippen LogP contribution >= 0.6 is 0 Å². The molecular formula is C21H23NO6S. The van der Waals surface area contributed by atoms with Crippen molar-refractivity contribution < 1.29 is 22.4 Å². The third kappa shape index (κ3) is 3.94. The summed E-state index contributed by atoms with van der Waals surface area (Å²) in [5, 5.41) is 4.51. The quantitative estimate of drug-likeness (QED) is 0.768. The average Bonchev–Trinajstić information content (AvgIpc) is 2.95. The molecule has 2 aromatic rings. The highest BCUT2D eigenvalue weighted by Crippen LogP contribution is 2.36. The van der Waals surface area contributed by atoms with Gasteiger partial charge in [-0.15, -0.1) is 0 Å². The second-order valence-electron chi connectivity index (χ2n) is 8.32. The van der Waals surface area contributed by atoms with Crippen molar-refractivity contribution in [3.05, 3.63) is 50.7 Å². The number of rotatable bonds is 3. The van der Waals surface area contributed by atoms with Crippen molar-refractivity contribution in [1.82, 2.24) is 5.32 Å². The summed E-state index contributed by atoms with van der Waals surface area (Å²) in [5.41, 5.74) is 1.60. The van der Waals surface area contributed by atoms with E-state index in [9.17, 15) is 18.0 Å². The zero-order valence-corrected chi connectivity index (χ0v) is 17.4. The minimum atomic E-state index is -3.26. The molecule has 29 heavy (non-hydrogen) atoms. The smallest absolute Gasteiger partial charge is 0.340 e. The van der Waals surface area contributed by atoms with E-state index in [-0.39, 0.29) is 23.3 Å². The third-order valence-electron chi connectivity index (χ3n) is 5.46. The van der Waals surface area contributed by atoms with E-state index < -0.39 is 27.4 Å². The van der Waals surface area contributed by atoms with Crippen LogP contribution in [-0.4, -0.2) is 31.7 Å². The monoisotopic (exact) mass is 417 g/mol. The Kier molecular flexibility index (Phi) is 4.57. The molecule has 8 heteroatoms. The van der Waals surface area contributed by atoms with Crippen molar-refractivity contribution in [2.45, 2.75) is 51.7 Å². The van der Waals surface area contributed by atoms with Gasteiger partial charge in [0.1, 0.15) is 16.9 Å². The van der Waals surface area contributed by atoms with E-state index in [1.807, 2.05) is 19.9 Å². The lowest BCUT2D eigenvalue weighted by Gasteiger charge is -2.32. The molecule has 0 bridgehead atoms. The highest BCUT2D eigenvalue weighted by molar-refractivity contribution is 7.94. The van der Waals surface area contributed by atoms with Gasteiger partial charge in [-0.05, 0) is 56.9 Å². The molecule has 0 saturated carbocycles. The summed E-state index contributed by atoms with van der Waals surface area (Å²) in [4.78, 5) is 24.9. The largest absolute Gasteiger partial charge is 0.487 e. The van der Waals surface area contributed by atoms with Crippen molar-refractivity contribution in [3.63, 3.8) is 0 Å². The molecule has 0 radical (unpaired) electrons. The molecular weight excluding hydrogens is 394 g/mol.